The van der Waals surface area contributed by atoms with Gasteiger partial charge in [-0.05, 0) is 41.3 Å². The summed E-state index contributed by atoms with van der Waals surface area (Å²) in [4.78, 5) is 20.8. The van der Waals surface area contributed by atoms with Gasteiger partial charge in [0.25, 0.3) is 0 Å². The highest BCUT2D eigenvalue weighted by atomic mass is 32.2. The Morgan fingerprint density at radius 3 is 2.76 bits per heavy atom. The molecule has 25 heavy (non-hydrogen) atoms. The Morgan fingerprint density at radius 2 is 2.04 bits per heavy atom. The molecule has 1 atom stereocenters. The summed E-state index contributed by atoms with van der Waals surface area (Å²) in [5.74, 6) is 0.581. The minimum atomic E-state index is -0.290. The van der Waals surface area contributed by atoms with Crippen LogP contribution in [0.3, 0.4) is 0 Å². The van der Waals surface area contributed by atoms with Crippen molar-refractivity contribution in [1.82, 2.24) is 14.5 Å². The summed E-state index contributed by atoms with van der Waals surface area (Å²) in [5.41, 5.74) is 2.10. The van der Waals surface area contributed by atoms with E-state index < -0.39 is 0 Å². The Bertz CT molecular complexity index is 878. The predicted octanol–water partition coefficient (Wildman–Crippen LogP) is 4.46. The lowest BCUT2D eigenvalue weighted by Gasteiger charge is -2.21. The van der Waals surface area contributed by atoms with Crippen molar-refractivity contribution in [3.63, 3.8) is 0 Å². The van der Waals surface area contributed by atoms with Crippen molar-refractivity contribution < 1.29 is 9.18 Å². The van der Waals surface area contributed by atoms with Crippen molar-refractivity contribution in [3.05, 3.63) is 77.9 Å². The van der Waals surface area contributed by atoms with Crippen LogP contribution in [-0.2, 0) is 4.79 Å². The van der Waals surface area contributed by atoms with E-state index in [9.17, 15) is 9.18 Å². The van der Waals surface area contributed by atoms with Crippen molar-refractivity contribution in [2.45, 2.75) is 29.9 Å². The molecule has 0 radical (unpaired) electrons. The van der Waals surface area contributed by atoms with E-state index in [1.54, 1.807) is 24.7 Å². The number of carbonyl (C=O) groups excluding carboxylic acids is 1. The molecule has 3 aromatic rings. The molecule has 0 aliphatic carbocycles. The summed E-state index contributed by atoms with van der Waals surface area (Å²) in [6, 6.07) is 8.37. The summed E-state index contributed by atoms with van der Waals surface area (Å²) < 4.78 is 15.1. The third kappa shape index (κ3) is 3.79. The molecule has 0 aliphatic heterocycles. The number of aromatic nitrogens is 3. The van der Waals surface area contributed by atoms with Crippen LogP contribution in [0.25, 0.3) is 0 Å². The molecule has 1 aromatic carbocycles. The van der Waals surface area contributed by atoms with Crippen LogP contribution >= 0.6 is 11.8 Å². The summed E-state index contributed by atoms with van der Waals surface area (Å²) in [5, 5.41) is -0.248. The van der Waals surface area contributed by atoms with Gasteiger partial charge >= 0.3 is 0 Å². The van der Waals surface area contributed by atoms with Gasteiger partial charge in [0.1, 0.15) is 11.6 Å². The molecule has 0 bridgehead atoms. The number of thioether (sulfide) groups is 1. The van der Waals surface area contributed by atoms with Gasteiger partial charge < -0.3 is 0 Å². The van der Waals surface area contributed by atoms with Crippen molar-refractivity contribution in [1.29, 1.82) is 0 Å². The van der Waals surface area contributed by atoms with Gasteiger partial charge in [0.15, 0.2) is 0 Å². The third-order valence-corrected chi connectivity index (χ3v) is 5.11. The summed E-state index contributed by atoms with van der Waals surface area (Å²) in [7, 11) is 0. The molecule has 0 saturated carbocycles. The molecule has 6 heteroatoms. The zero-order valence-corrected chi connectivity index (χ0v) is 14.8. The first-order valence-corrected chi connectivity index (χ1v) is 8.82. The lowest BCUT2D eigenvalue weighted by Crippen LogP contribution is -2.10. The van der Waals surface area contributed by atoms with Gasteiger partial charge in [0.05, 0.1) is 5.25 Å². The summed E-state index contributed by atoms with van der Waals surface area (Å²) in [6.45, 7) is 4.19. The number of benzene rings is 1. The first-order valence-electron chi connectivity index (χ1n) is 7.94. The molecule has 128 valence electrons. The van der Waals surface area contributed by atoms with Crippen LogP contribution in [0.1, 0.15) is 42.0 Å². The summed E-state index contributed by atoms with van der Waals surface area (Å²) >= 11 is 1.46. The van der Waals surface area contributed by atoms with E-state index >= 15 is 0 Å². The van der Waals surface area contributed by atoms with Crippen LogP contribution in [0.15, 0.2) is 60.0 Å². The number of halogens is 1. The molecule has 4 nitrogen and oxygen atoms in total. The van der Waals surface area contributed by atoms with Gasteiger partial charge in [-0.15, -0.1) is 11.8 Å². The molecule has 0 spiro atoms. The first kappa shape index (κ1) is 17.4. The molecule has 1 unspecified atom stereocenters. The number of hydrogen-bond donors (Lipinski definition) is 0. The second kappa shape index (κ2) is 7.61. The van der Waals surface area contributed by atoms with Crippen LogP contribution in [0.4, 0.5) is 4.39 Å². The monoisotopic (exact) mass is 355 g/mol. The highest BCUT2D eigenvalue weighted by Crippen LogP contribution is 2.42. The molecular weight excluding hydrogens is 337 g/mol. The highest BCUT2D eigenvalue weighted by molar-refractivity contribution is 7.99. The average Bonchev–Trinajstić information content (AvgIpc) is 3.08. The van der Waals surface area contributed by atoms with Gasteiger partial charge in [-0.2, -0.15) is 0 Å². The van der Waals surface area contributed by atoms with Gasteiger partial charge in [-0.25, -0.2) is 9.37 Å². The molecule has 0 amide bonds. The lowest BCUT2D eigenvalue weighted by atomic mass is 9.97. The second-order valence-corrected chi connectivity index (χ2v) is 7.09. The Kier molecular flexibility index (Phi) is 5.28. The maximum atomic E-state index is 13.6. The average molecular weight is 355 g/mol. The number of carbonyl (C=O) groups is 1. The van der Waals surface area contributed by atoms with Crippen molar-refractivity contribution in [2.75, 3.05) is 0 Å². The quantitative estimate of drug-likeness (QED) is 0.484. The Labute approximate surface area is 150 Å². The summed E-state index contributed by atoms with van der Waals surface area (Å²) in [6.07, 6.45) is 7.52. The van der Waals surface area contributed by atoms with Gasteiger partial charge in [-0.3, -0.25) is 14.3 Å². The Balaban J connectivity index is 2.11. The third-order valence-electron chi connectivity index (χ3n) is 3.89. The normalized spacial score (nSPS) is 12.3. The fourth-order valence-electron chi connectivity index (χ4n) is 2.69. The van der Waals surface area contributed by atoms with Gasteiger partial charge in [0.2, 0.25) is 6.41 Å². The highest BCUT2D eigenvalue weighted by Gasteiger charge is 2.24. The molecule has 0 saturated heterocycles. The molecule has 2 aromatic heterocycles. The van der Waals surface area contributed by atoms with Gasteiger partial charge in [0, 0.05) is 29.7 Å². The van der Waals surface area contributed by atoms with E-state index in [2.05, 4.69) is 23.8 Å². The van der Waals surface area contributed by atoms with Crippen molar-refractivity contribution >= 4 is 18.2 Å². The zero-order valence-electron chi connectivity index (χ0n) is 14.0. The molecule has 0 fully saturated rings. The Morgan fingerprint density at radius 1 is 1.20 bits per heavy atom. The SMILES string of the molecule is CC(C)c1cnccc1C(Sc1cccc(F)c1)c1nccn1C=O. The number of nitrogens with zero attached hydrogens (tertiary/aromatic N) is 3. The topological polar surface area (TPSA) is 47.8 Å². The largest absolute Gasteiger partial charge is 0.278 e. The van der Waals surface area contributed by atoms with Crippen LogP contribution in [-0.4, -0.2) is 20.9 Å². The van der Waals surface area contributed by atoms with E-state index in [-0.39, 0.29) is 17.0 Å². The molecule has 2 heterocycles. The van der Waals surface area contributed by atoms with Crippen molar-refractivity contribution in [3.8, 4) is 0 Å². The minimum absolute atomic E-state index is 0.248. The van der Waals surface area contributed by atoms with Crippen LogP contribution in [0.5, 0.6) is 0 Å². The maximum Gasteiger partial charge on any atom is 0.219 e. The maximum absolute atomic E-state index is 13.6. The molecule has 0 N–H and O–H groups in total. The number of pyridine rings is 1. The van der Waals surface area contributed by atoms with E-state index in [1.165, 1.54) is 28.5 Å². The number of rotatable bonds is 6. The van der Waals surface area contributed by atoms with Crippen LogP contribution in [0.2, 0.25) is 0 Å². The second-order valence-electron chi connectivity index (χ2n) is 5.91. The number of imidazole rings is 1. The van der Waals surface area contributed by atoms with Gasteiger partial charge in [-0.1, -0.05) is 19.9 Å². The van der Waals surface area contributed by atoms with E-state index in [0.717, 1.165) is 22.4 Å². The smallest absolute Gasteiger partial charge is 0.219 e. The molecule has 0 aliphatic rings. The standard InChI is InChI=1S/C19H18FN3OS/c1-13(2)17-11-21-7-6-16(17)18(19-22-8-9-23(19)12-24)25-15-5-3-4-14(20)10-15/h3-13,18H,1-2H3. The number of hydrogen-bond acceptors (Lipinski definition) is 4. The lowest BCUT2D eigenvalue weighted by molar-refractivity contribution is 0.545. The molecular formula is C19H18FN3OS. The van der Waals surface area contributed by atoms with Crippen LogP contribution < -0.4 is 0 Å². The minimum Gasteiger partial charge on any atom is -0.278 e. The van der Waals surface area contributed by atoms with Crippen LogP contribution in [0, 0.1) is 5.82 Å². The predicted molar refractivity (Wildman–Crippen MR) is 96.8 cm³/mol. The first-order chi connectivity index (χ1) is 12.1. The fourth-order valence-corrected chi connectivity index (χ4v) is 3.93. The zero-order chi connectivity index (χ0) is 17.8. The molecule has 3 rings (SSSR count). The Hall–Kier alpha value is -2.47. The van der Waals surface area contributed by atoms with E-state index in [0.29, 0.717) is 5.82 Å². The van der Waals surface area contributed by atoms with E-state index in [1.807, 2.05) is 18.3 Å². The fraction of sp³-hybridized carbons (Fsp3) is 0.211. The van der Waals surface area contributed by atoms with Crippen molar-refractivity contribution in [2.24, 2.45) is 0 Å². The van der Waals surface area contributed by atoms with E-state index in [4.69, 9.17) is 0 Å².